The summed E-state index contributed by atoms with van der Waals surface area (Å²) >= 11 is 0. The van der Waals surface area contributed by atoms with Gasteiger partial charge in [-0.2, -0.15) is 0 Å². The van der Waals surface area contributed by atoms with E-state index in [4.69, 9.17) is 5.73 Å². The van der Waals surface area contributed by atoms with E-state index < -0.39 is 0 Å². The van der Waals surface area contributed by atoms with Gasteiger partial charge in [-0.05, 0) is 26.4 Å². The number of amides is 1. The number of hydrogen-bond donors (Lipinski definition) is 1. The Morgan fingerprint density at radius 3 is 2.69 bits per heavy atom. The highest BCUT2D eigenvalue weighted by Crippen LogP contribution is 2.13. The van der Waals surface area contributed by atoms with Crippen molar-refractivity contribution in [2.45, 2.75) is 32.7 Å². The third-order valence-electron chi connectivity index (χ3n) is 3.69. The van der Waals surface area contributed by atoms with E-state index in [0.29, 0.717) is 24.9 Å². The fraction of sp³-hybridized carbons (Fsp3) is 0.917. The minimum absolute atomic E-state index is 0.275. The summed E-state index contributed by atoms with van der Waals surface area (Å²) in [6.07, 6.45) is 1.61. The van der Waals surface area contributed by atoms with E-state index in [-0.39, 0.29) is 5.91 Å². The van der Waals surface area contributed by atoms with Crippen molar-refractivity contribution in [3.05, 3.63) is 0 Å². The average Bonchev–Trinajstić information content (AvgIpc) is 2.29. The van der Waals surface area contributed by atoms with Crippen LogP contribution in [0.25, 0.3) is 0 Å². The average molecular weight is 227 g/mol. The standard InChI is InChI=1S/C12H25N3O/c1-4-11(8-13)7-12(16)15-6-5-14(3)10(2)9-15/h10-11H,4-9,13H2,1-3H3. The number of carbonyl (C=O) groups is 1. The quantitative estimate of drug-likeness (QED) is 0.762. The minimum atomic E-state index is 0.275. The Bertz CT molecular complexity index is 228. The van der Waals surface area contributed by atoms with Crippen molar-refractivity contribution in [3.8, 4) is 0 Å². The van der Waals surface area contributed by atoms with Crippen molar-refractivity contribution in [3.63, 3.8) is 0 Å². The topological polar surface area (TPSA) is 49.6 Å². The molecule has 2 atom stereocenters. The number of hydrogen-bond acceptors (Lipinski definition) is 3. The molecular formula is C12H25N3O. The fourth-order valence-corrected chi connectivity index (χ4v) is 2.05. The largest absolute Gasteiger partial charge is 0.340 e. The predicted molar refractivity (Wildman–Crippen MR) is 66.1 cm³/mol. The molecule has 2 unspecified atom stereocenters. The lowest BCUT2D eigenvalue weighted by molar-refractivity contribution is -0.134. The van der Waals surface area contributed by atoms with Gasteiger partial charge in [0, 0.05) is 32.1 Å². The zero-order chi connectivity index (χ0) is 12.1. The molecule has 1 rings (SSSR count). The summed E-state index contributed by atoms with van der Waals surface area (Å²) in [5.41, 5.74) is 5.63. The smallest absolute Gasteiger partial charge is 0.222 e. The van der Waals surface area contributed by atoms with Gasteiger partial charge in [-0.25, -0.2) is 0 Å². The first-order chi connectivity index (χ1) is 7.58. The Labute approximate surface area is 98.8 Å². The second-order valence-electron chi connectivity index (χ2n) is 4.88. The third kappa shape index (κ3) is 3.46. The van der Waals surface area contributed by atoms with Crippen LogP contribution in [0.15, 0.2) is 0 Å². The lowest BCUT2D eigenvalue weighted by atomic mass is 10.0. The summed E-state index contributed by atoms with van der Waals surface area (Å²) in [5, 5.41) is 0. The molecule has 0 radical (unpaired) electrons. The number of nitrogens with two attached hydrogens (primary N) is 1. The first-order valence-electron chi connectivity index (χ1n) is 6.26. The van der Waals surface area contributed by atoms with Crippen LogP contribution in [0.4, 0.5) is 0 Å². The van der Waals surface area contributed by atoms with Crippen molar-refractivity contribution in [1.82, 2.24) is 9.80 Å². The molecule has 0 aromatic heterocycles. The van der Waals surface area contributed by atoms with Crippen LogP contribution < -0.4 is 5.73 Å². The van der Waals surface area contributed by atoms with Crippen LogP contribution in [0.1, 0.15) is 26.7 Å². The SMILES string of the molecule is CCC(CN)CC(=O)N1CCN(C)C(C)C1. The first kappa shape index (κ1) is 13.5. The molecular weight excluding hydrogens is 202 g/mol. The first-order valence-corrected chi connectivity index (χ1v) is 6.26. The van der Waals surface area contributed by atoms with Gasteiger partial charge in [0.25, 0.3) is 0 Å². The van der Waals surface area contributed by atoms with Gasteiger partial charge in [-0.3, -0.25) is 4.79 Å². The van der Waals surface area contributed by atoms with Gasteiger partial charge >= 0.3 is 0 Å². The second-order valence-corrected chi connectivity index (χ2v) is 4.88. The highest BCUT2D eigenvalue weighted by molar-refractivity contribution is 5.76. The highest BCUT2D eigenvalue weighted by atomic mass is 16.2. The summed E-state index contributed by atoms with van der Waals surface area (Å²) in [5.74, 6) is 0.625. The summed E-state index contributed by atoms with van der Waals surface area (Å²) in [6, 6.07) is 0.468. The van der Waals surface area contributed by atoms with E-state index in [1.807, 2.05) is 4.90 Å². The summed E-state index contributed by atoms with van der Waals surface area (Å²) in [4.78, 5) is 16.3. The highest BCUT2D eigenvalue weighted by Gasteiger charge is 2.25. The minimum Gasteiger partial charge on any atom is -0.340 e. The number of likely N-dealkylation sites (N-methyl/N-ethyl adjacent to an activating group) is 1. The number of nitrogens with zero attached hydrogens (tertiary/aromatic N) is 2. The number of rotatable bonds is 4. The van der Waals surface area contributed by atoms with Crippen molar-refractivity contribution in [2.24, 2.45) is 11.7 Å². The Hall–Kier alpha value is -0.610. The fourth-order valence-electron chi connectivity index (χ4n) is 2.05. The van der Waals surface area contributed by atoms with Crippen LogP contribution in [0.5, 0.6) is 0 Å². The number of piperazine rings is 1. The molecule has 0 spiro atoms. The van der Waals surface area contributed by atoms with E-state index in [2.05, 4.69) is 25.8 Å². The molecule has 94 valence electrons. The predicted octanol–water partition coefficient (Wildman–Crippen LogP) is 0.524. The third-order valence-corrected chi connectivity index (χ3v) is 3.69. The van der Waals surface area contributed by atoms with E-state index in [1.165, 1.54) is 0 Å². The molecule has 1 aliphatic heterocycles. The molecule has 1 fully saturated rings. The van der Waals surface area contributed by atoms with Gasteiger partial charge < -0.3 is 15.5 Å². The Kier molecular flexibility index (Phi) is 5.22. The molecule has 0 saturated carbocycles. The Morgan fingerprint density at radius 2 is 2.19 bits per heavy atom. The molecule has 4 heteroatoms. The zero-order valence-electron chi connectivity index (χ0n) is 10.8. The van der Waals surface area contributed by atoms with Gasteiger partial charge in [0.1, 0.15) is 0 Å². The van der Waals surface area contributed by atoms with Crippen LogP contribution in [0.2, 0.25) is 0 Å². The van der Waals surface area contributed by atoms with Crippen LogP contribution in [-0.4, -0.2) is 55.0 Å². The van der Waals surface area contributed by atoms with Crippen molar-refractivity contribution in [1.29, 1.82) is 0 Å². The summed E-state index contributed by atoms with van der Waals surface area (Å²) < 4.78 is 0. The Balaban J connectivity index is 2.42. The maximum absolute atomic E-state index is 12.0. The van der Waals surface area contributed by atoms with Crippen LogP contribution >= 0.6 is 0 Å². The lowest BCUT2D eigenvalue weighted by Crippen LogP contribution is -2.52. The molecule has 2 N–H and O–H groups in total. The molecule has 0 aromatic carbocycles. The molecule has 16 heavy (non-hydrogen) atoms. The molecule has 1 aliphatic rings. The second kappa shape index (κ2) is 6.21. The monoisotopic (exact) mass is 227 g/mol. The molecule has 1 amide bonds. The van der Waals surface area contributed by atoms with Gasteiger partial charge in [0.05, 0.1) is 0 Å². The van der Waals surface area contributed by atoms with Crippen LogP contribution in [-0.2, 0) is 4.79 Å². The maximum atomic E-state index is 12.0. The molecule has 1 saturated heterocycles. The molecule has 0 aromatic rings. The molecule has 0 bridgehead atoms. The summed E-state index contributed by atoms with van der Waals surface area (Å²) in [7, 11) is 2.11. The van der Waals surface area contributed by atoms with E-state index >= 15 is 0 Å². The molecule has 0 aliphatic carbocycles. The summed E-state index contributed by atoms with van der Waals surface area (Å²) in [6.45, 7) is 7.58. The van der Waals surface area contributed by atoms with Gasteiger partial charge in [-0.1, -0.05) is 13.3 Å². The van der Waals surface area contributed by atoms with Gasteiger partial charge in [-0.15, -0.1) is 0 Å². The van der Waals surface area contributed by atoms with Crippen LogP contribution in [0.3, 0.4) is 0 Å². The zero-order valence-corrected chi connectivity index (χ0v) is 10.8. The molecule has 1 heterocycles. The van der Waals surface area contributed by atoms with E-state index in [9.17, 15) is 4.79 Å². The van der Waals surface area contributed by atoms with Crippen molar-refractivity contribution < 1.29 is 4.79 Å². The van der Waals surface area contributed by atoms with E-state index in [1.54, 1.807) is 0 Å². The van der Waals surface area contributed by atoms with Crippen molar-refractivity contribution >= 4 is 5.91 Å². The van der Waals surface area contributed by atoms with Crippen molar-refractivity contribution in [2.75, 3.05) is 33.2 Å². The lowest BCUT2D eigenvalue weighted by Gasteiger charge is -2.38. The van der Waals surface area contributed by atoms with Gasteiger partial charge in [0.15, 0.2) is 0 Å². The normalized spacial score (nSPS) is 24.5. The maximum Gasteiger partial charge on any atom is 0.222 e. The van der Waals surface area contributed by atoms with Crippen LogP contribution in [0, 0.1) is 5.92 Å². The molecule has 4 nitrogen and oxygen atoms in total. The van der Waals surface area contributed by atoms with E-state index in [0.717, 1.165) is 26.1 Å². The Morgan fingerprint density at radius 1 is 1.50 bits per heavy atom. The number of carbonyl (C=O) groups excluding carboxylic acids is 1. The van der Waals surface area contributed by atoms with Gasteiger partial charge in [0.2, 0.25) is 5.91 Å².